The number of alkyl halides is 3. The van der Waals surface area contributed by atoms with E-state index < -0.39 is 35.9 Å². The van der Waals surface area contributed by atoms with E-state index in [9.17, 15) is 27.9 Å². The lowest BCUT2D eigenvalue weighted by Gasteiger charge is -2.32. The highest BCUT2D eigenvalue weighted by molar-refractivity contribution is 5.83. The summed E-state index contributed by atoms with van der Waals surface area (Å²) in [6, 6.07) is -1.79. The third kappa shape index (κ3) is 3.29. The van der Waals surface area contributed by atoms with Crippen LogP contribution in [0.1, 0.15) is 12.8 Å². The van der Waals surface area contributed by atoms with E-state index in [1.807, 2.05) is 0 Å². The quantitative estimate of drug-likeness (QED) is 0.703. The first-order valence-electron chi connectivity index (χ1n) is 6.42. The minimum atomic E-state index is -4.40. The molecule has 0 aromatic rings. The molecular formula is C12H15F3N2O4. The Morgan fingerprint density at radius 3 is 2.48 bits per heavy atom. The summed E-state index contributed by atoms with van der Waals surface area (Å²) < 4.78 is 37.5. The number of β-amino-alcohol motifs (C(OH)–C–C–N with tert-alkyl or cyclic N) is 1. The monoisotopic (exact) mass is 308 g/mol. The van der Waals surface area contributed by atoms with Crippen molar-refractivity contribution in [1.82, 2.24) is 9.80 Å². The van der Waals surface area contributed by atoms with Gasteiger partial charge in [-0.25, -0.2) is 9.59 Å². The van der Waals surface area contributed by atoms with Gasteiger partial charge in [-0.1, -0.05) is 6.08 Å². The summed E-state index contributed by atoms with van der Waals surface area (Å²) in [6.07, 6.45) is -4.78. The van der Waals surface area contributed by atoms with Gasteiger partial charge in [-0.2, -0.15) is 13.2 Å². The molecule has 0 aromatic carbocycles. The molecule has 9 heteroatoms. The highest BCUT2D eigenvalue weighted by Crippen LogP contribution is 2.30. The summed E-state index contributed by atoms with van der Waals surface area (Å²) >= 11 is 0. The number of halogens is 3. The Morgan fingerprint density at radius 1 is 1.33 bits per heavy atom. The molecule has 1 unspecified atom stereocenters. The summed E-state index contributed by atoms with van der Waals surface area (Å²) in [5.41, 5.74) is -0.678. The number of aliphatic hydroxyl groups excluding tert-OH is 1. The predicted molar refractivity (Wildman–Crippen MR) is 64.5 cm³/mol. The number of nitrogens with zero attached hydrogens (tertiary/aromatic N) is 2. The van der Waals surface area contributed by atoms with Gasteiger partial charge in [0.1, 0.15) is 6.04 Å². The average Bonchev–Trinajstić information content (AvgIpc) is 2.79. The predicted octanol–water partition coefficient (Wildman–Crippen LogP) is 0.821. The number of aliphatic hydroxyl groups is 1. The summed E-state index contributed by atoms with van der Waals surface area (Å²) in [4.78, 5) is 25.4. The number of hydrogen-bond acceptors (Lipinski definition) is 3. The van der Waals surface area contributed by atoms with Crippen molar-refractivity contribution in [3.8, 4) is 0 Å². The first-order valence-corrected chi connectivity index (χ1v) is 6.42. The lowest BCUT2D eigenvalue weighted by atomic mass is 10.1. The smallest absolute Gasteiger partial charge is 0.412 e. The number of likely N-dealkylation sites (tertiary alicyclic amines) is 1. The lowest BCUT2D eigenvalue weighted by molar-refractivity contribution is -0.141. The van der Waals surface area contributed by atoms with Gasteiger partial charge in [0.15, 0.2) is 0 Å². The highest BCUT2D eigenvalue weighted by atomic mass is 19.4. The van der Waals surface area contributed by atoms with Crippen LogP contribution in [0, 0.1) is 0 Å². The van der Waals surface area contributed by atoms with Crippen LogP contribution in [-0.4, -0.2) is 70.0 Å². The molecule has 1 fully saturated rings. The van der Waals surface area contributed by atoms with Crippen molar-refractivity contribution >= 4 is 12.0 Å². The van der Waals surface area contributed by atoms with Crippen molar-refractivity contribution in [3.05, 3.63) is 11.6 Å². The number of carboxylic acid groups (broad SMARTS) is 1. The second kappa shape index (κ2) is 5.55. The first kappa shape index (κ1) is 15.6. The molecule has 6 nitrogen and oxygen atoms in total. The van der Waals surface area contributed by atoms with Crippen LogP contribution < -0.4 is 0 Å². The molecule has 21 heavy (non-hydrogen) atoms. The summed E-state index contributed by atoms with van der Waals surface area (Å²) in [6.45, 7) is -0.460. The minimum Gasteiger partial charge on any atom is -0.480 e. The Balaban J connectivity index is 2.05. The van der Waals surface area contributed by atoms with Crippen LogP contribution in [-0.2, 0) is 4.79 Å². The first-order chi connectivity index (χ1) is 9.70. The van der Waals surface area contributed by atoms with Gasteiger partial charge in [0.05, 0.1) is 6.10 Å². The van der Waals surface area contributed by atoms with Crippen molar-refractivity contribution in [2.24, 2.45) is 0 Å². The Labute approximate surface area is 118 Å². The fraction of sp³-hybridized carbons (Fsp3) is 0.667. The second-order valence-corrected chi connectivity index (χ2v) is 5.10. The molecule has 0 spiro atoms. The molecule has 0 radical (unpaired) electrons. The molecule has 2 heterocycles. The molecule has 2 aliphatic heterocycles. The third-order valence-corrected chi connectivity index (χ3v) is 3.65. The maximum atomic E-state index is 12.5. The van der Waals surface area contributed by atoms with Crippen LogP contribution in [0.2, 0.25) is 0 Å². The van der Waals surface area contributed by atoms with E-state index in [0.29, 0.717) is 0 Å². The van der Waals surface area contributed by atoms with Crippen LogP contribution in [0.4, 0.5) is 18.0 Å². The Morgan fingerprint density at radius 2 is 2.00 bits per heavy atom. The van der Waals surface area contributed by atoms with Gasteiger partial charge in [0, 0.05) is 31.6 Å². The molecule has 118 valence electrons. The molecule has 1 saturated heterocycles. The van der Waals surface area contributed by atoms with Gasteiger partial charge in [-0.05, 0) is 6.42 Å². The average molecular weight is 308 g/mol. The normalized spacial score (nSPS) is 26.8. The van der Waals surface area contributed by atoms with Crippen molar-refractivity contribution < 1.29 is 33.0 Å². The van der Waals surface area contributed by atoms with Gasteiger partial charge in [-0.3, -0.25) is 0 Å². The standard InChI is InChI=1S/C12H15F3N2O4/c13-12(14,15)7-1-3-16(4-2-7)11(21)17-6-8(18)5-9(17)10(19)20/h1,8-9,18H,2-6H2,(H,19,20)/t8?,9-/m0/s1. The zero-order chi connectivity index (χ0) is 15.8. The van der Waals surface area contributed by atoms with Crippen molar-refractivity contribution in [3.63, 3.8) is 0 Å². The Hall–Kier alpha value is -1.77. The van der Waals surface area contributed by atoms with Gasteiger partial charge in [0.25, 0.3) is 0 Å². The van der Waals surface area contributed by atoms with Gasteiger partial charge < -0.3 is 20.0 Å². The molecular weight excluding hydrogens is 293 g/mol. The number of amides is 2. The number of hydrogen-bond donors (Lipinski definition) is 2. The van der Waals surface area contributed by atoms with Crippen LogP contribution in [0.5, 0.6) is 0 Å². The fourth-order valence-electron chi connectivity index (χ4n) is 2.54. The minimum absolute atomic E-state index is 0.0709. The van der Waals surface area contributed by atoms with Crippen molar-refractivity contribution in [2.75, 3.05) is 19.6 Å². The Bertz CT molecular complexity index is 478. The van der Waals surface area contributed by atoms with E-state index in [1.54, 1.807) is 0 Å². The lowest BCUT2D eigenvalue weighted by Crippen LogP contribution is -2.49. The molecule has 2 N–H and O–H groups in total. The second-order valence-electron chi connectivity index (χ2n) is 5.10. The van der Waals surface area contributed by atoms with E-state index in [4.69, 9.17) is 5.11 Å². The Kier molecular flexibility index (Phi) is 4.13. The third-order valence-electron chi connectivity index (χ3n) is 3.65. The number of urea groups is 1. The zero-order valence-electron chi connectivity index (χ0n) is 11.0. The highest BCUT2D eigenvalue weighted by Gasteiger charge is 2.42. The van der Waals surface area contributed by atoms with Crippen LogP contribution >= 0.6 is 0 Å². The topological polar surface area (TPSA) is 81.1 Å². The van der Waals surface area contributed by atoms with E-state index in [-0.39, 0.29) is 32.5 Å². The summed E-state index contributed by atoms with van der Waals surface area (Å²) in [5.74, 6) is -1.23. The molecule has 2 aliphatic rings. The molecule has 0 bridgehead atoms. The molecule has 0 aliphatic carbocycles. The van der Waals surface area contributed by atoms with E-state index >= 15 is 0 Å². The SMILES string of the molecule is O=C(O)[C@@H]1CC(O)CN1C(=O)N1CC=C(C(F)(F)F)CC1. The van der Waals surface area contributed by atoms with Gasteiger partial charge in [-0.15, -0.1) is 0 Å². The number of carboxylic acids is 1. The molecule has 2 atom stereocenters. The van der Waals surface area contributed by atoms with E-state index in [0.717, 1.165) is 15.9 Å². The zero-order valence-corrected chi connectivity index (χ0v) is 11.0. The van der Waals surface area contributed by atoms with E-state index in [2.05, 4.69) is 0 Å². The van der Waals surface area contributed by atoms with Gasteiger partial charge >= 0.3 is 18.2 Å². The summed E-state index contributed by atoms with van der Waals surface area (Å²) in [7, 11) is 0. The molecule has 0 aromatic heterocycles. The number of rotatable bonds is 1. The van der Waals surface area contributed by atoms with Gasteiger partial charge in [0.2, 0.25) is 0 Å². The van der Waals surface area contributed by atoms with Crippen LogP contribution in [0.3, 0.4) is 0 Å². The number of carbonyl (C=O) groups is 2. The maximum absolute atomic E-state index is 12.5. The molecule has 2 amide bonds. The number of aliphatic carboxylic acids is 1. The largest absolute Gasteiger partial charge is 0.480 e. The van der Waals surface area contributed by atoms with Crippen molar-refractivity contribution in [2.45, 2.75) is 31.2 Å². The van der Waals surface area contributed by atoms with Crippen molar-refractivity contribution in [1.29, 1.82) is 0 Å². The summed E-state index contributed by atoms with van der Waals surface area (Å²) in [5, 5.41) is 18.5. The van der Waals surface area contributed by atoms with Crippen LogP contribution in [0.25, 0.3) is 0 Å². The molecule has 2 rings (SSSR count). The van der Waals surface area contributed by atoms with Crippen LogP contribution in [0.15, 0.2) is 11.6 Å². The fourth-order valence-corrected chi connectivity index (χ4v) is 2.54. The molecule has 0 saturated carbocycles. The maximum Gasteiger partial charge on any atom is 0.412 e. The number of carbonyl (C=O) groups excluding carboxylic acids is 1. The van der Waals surface area contributed by atoms with E-state index in [1.165, 1.54) is 0 Å².